The van der Waals surface area contributed by atoms with Gasteiger partial charge in [0.25, 0.3) is 0 Å². The van der Waals surface area contributed by atoms with Crippen LogP contribution < -0.4 is 9.47 Å². The molecule has 4 rings (SSSR count). The van der Waals surface area contributed by atoms with E-state index in [1.165, 1.54) is 12.8 Å². The minimum atomic E-state index is 0.542. The lowest BCUT2D eigenvalue weighted by Gasteiger charge is -2.26. The minimum Gasteiger partial charge on any atom is -0.496 e. The molecule has 1 saturated carbocycles. The Morgan fingerprint density at radius 2 is 1.93 bits per heavy atom. The zero-order valence-electron chi connectivity index (χ0n) is 16.5. The predicted molar refractivity (Wildman–Crippen MR) is 109 cm³/mol. The van der Waals surface area contributed by atoms with Crippen LogP contribution in [0.2, 0.25) is 5.02 Å². The monoisotopic (exact) mass is 392 g/mol. The molecule has 0 N–H and O–H groups in total. The first-order chi connectivity index (χ1) is 13.3. The van der Waals surface area contributed by atoms with Crippen molar-refractivity contribution in [3.05, 3.63) is 28.9 Å². The molecular formula is C21H29ClN2O3. The SMILES string of the molecule is CC.COc1cc(C2CC2)nc2c(Cl)c(OCCN3CCOCC3)ccc12. The fourth-order valence-corrected chi connectivity index (χ4v) is 3.47. The van der Waals surface area contributed by atoms with Crippen LogP contribution in [0.3, 0.4) is 0 Å². The summed E-state index contributed by atoms with van der Waals surface area (Å²) in [6, 6.07) is 5.92. The summed E-state index contributed by atoms with van der Waals surface area (Å²) in [4.78, 5) is 7.12. The molecule has 0 radical (unpaired) electrons. The molecule has 1 aliphatic heterocycles. The van der Waals surface area contributed by atoms with Gasteiger partial charge in [-0.1, -0.05) is 25.4 Å². The number of fused-ring (bicyclic) bond motifs is 1. The molecule has 0 atom stereocenters. The maximum Gasteiger partial charge on any atom is 0.140 e. The third-order valence-corrected chi connectivity index (χ3v) is 5.22. The van der Waals surface area contributed by atoms with Crippen LogP contribution in [0.4, 0.5) is 0 Å². The topological polar surface area (TPSA) is 43.8 Å². The summed E-state index contributed by atoms with van der Waals surface area (Å²) in [5.41, 5.74) is 1.84. The van der Waals surface area contributed by atoms with E-state index in [2.05, 4.69) is 4.90 Å². The van der Waals surface area contributed by atoms with Gasteiger partial charge in [0.2, 0.25) is 0 Å². The average Bonchev–Trinajstić information content (AvgIpc) is 3.57. The van der Waals surface area contributed by atoms with Gasteiger partial charge in [-0.25, -0.2) is 0 Å². The molecule has 2 aromatic rings. The number of ether oxygens (including phenoxy) is 3. The first-order valence-electron chi connectivity index (χ1n) is 9.86. The number of hydrogen-bond donors (Lipinski definition) is 0. The van der Waals surface area contributed by atoms with Crippen LogP contribution >= 0.6 is 11.6 Å². The summed E-state index contributed by atoms with van der Waals surface area (Å²) in [5.74, 6) is 2.05. The van der Waals surface area contributed by atoms with Gasteiger partial charge in [-0.3, -0.25) is 9.88 Å². The molecular weight excluding hydrogens is 364 g/mol. The highest BCUT2D eigenvalue weighted by Crippen LogP contribution is 2.43. The van der Waals surface area contributed by atoms with E-state index in [0.717, 1.165) is 55.2 Å². The number of nitrogens with zero attached hydrogens (tertiary/aromatic N) is 2. The van der Waals surface area contributed by atoms with Gasteiger partial charge in [0, 0.05) is 42.7 Å². The van der Waals surface area contributed by atoms with Gasteiger partial charge in [0.1, 0.15) is 23.1 Å². The Balaban J connectivity index is 0.00000102. The fourth-order valence-electron chi connectivity index (χ4n) is 3.21. The quantitative estimate of drug-likeness (QED) is 0.723. The highest BCUT2D eigenvalue weighted by atomic mass is 35.5. The van der Waals surface area contributed by atoms with E-state index in [4.69, 9.17) is 30.8 Å². The van der Waals surface area contributed by atoms with Crippen LogP contribution in [0.1, 0.15) is 38.3 Å². The van der Waals surface area contributed by atoms with Crippen LogP contribution in [-0.2, 0) is 4.74 Å². The summed E-state index contributed by atoms with van der Waals surface area (Å²) in [7, 11) is 1.69. The van der Waals surface area contributed by atoms with Crippen LogP contribution in [0, 0.1) is 0 Å². The largest absolute Gasteiger partial charge is 0.496 e. The summed E-state index contributed by atoms with van der Waals surface area (Å²) in [6.45, 7) is 8.98. The minimum absolute atomic E-state index is 0.542. The zero-order valence-corrected chi connectivity index (χ0v) is 17.2. The Bertz CT molecular complexity index is 759. The van der Waals surface area contributed by atoms with Crippen molar-refractivity contribution in [1.82, 2.24) is 9.88 Å². The van der Waals surface area contributed by atoms with Crippen molar-refractivity contribution in [2.24, 2.45) is 0 Å². The summed E-state index contributed by atoms with van der Waals surface area (Å²) >= 11 is 6.61. The first kappa shape index (κ1) is 20.2. The number of halogens is 1. The molecule has 1 aliphatic carbocycles. The molecule has 1 aromatic heterocycles. The predicted octanol–water partition coefficient (Wildman–Crippen LogP) is 4.51. The Labute approximate surface area is 166 Å². The van der Waals surface area contributed by atoms with Crippen molar-refractivity contribution in [2.75, 3.05) is 46.6 Å². The Morgan fingerprint density at radius 3 is 2.59 bits per heavy atom. The molecule has 1 saturated heterocycles. The number of hydrogen-bond acceptors (Lipinski definition) is 5. The molecule has 6 heteroatoms. The van der Waals surface area contributed by atoms with Crippen LogP contribution in [0.5, 0.6) is 11.5 Å². The molecule has 2 heterocycles. The van der Waals surface area contributed by atoms with E-state index < -0.39 is 0 Å². The number of pyridine rings is 1. The van der Waals surface area contributed by atoms with Crippen molar-refractivity contribution in [3.63, 3.8) is 0 Å². The highest BCUT2D eigenvalue weighted by molar-refractivity contribution is 6.36. The molecule has 0 amide bonds. The molecule has 5 nitrogen and oxygen atoms in total. The second-order valence-electron chi connectivity index (χ2n) is 6.60. The maximum atomic E-state index is 6.61. The number of benzene rings is 1. The maximum absolute atomic E-state index is 6.61. The fraction of sp³-hybridized carbons (Fsp3) is 0.571. The molecule has 27 heavy (non-hydrogen) atoms. The van der Waals surface area contributed by atoms with Gasteiger partial charge in [-0.15, -0.1) is 0 Å². The van der Waals surface area contributed by atoms with Crippen LogP contribution in [-0.4, -0.2) is 56.4 Å². The van der Waals surface area contributed by atoms with E-state index in [-0.39, 0.29) is 0 Å². The second kappa shape index (κ2) is 9.58. The standard InChI is InChI=1S/C19H23ClN2O3.C2H6/c1-23-17-12-15(13-2-3-13)21-19-14(17)4-5-16(18(19)20)25-11-8-22-6-9-24-10-7-22;1-2/h4-5,12-13H,2-3,6-11H2,1H3;1-2H3. The zero-order chi connectivity index (χ0) is 19.2. The third kappa shape index (κ3) is 4.84. The first-order valence-corrected chi connectivity index (χ1v) is 10.2. The lowest BCUT2D eigenvalue weighted by atomic mass is 10.1. The number of methoxy groups -OCH3 is 1. The molecule has 0 unspecified atom stereocenters. The van der Waals surface area contributed by atoms with Crippen LogP contribution in [0.15, 0.2) is 18.2 Å². The van der Waals surface area contributed by atoms with Crippen molar-refractivity contribution < 1.29 is 14.2 Å². The van der Waals surface area contributed by atoms with Gasteiger partial charge < -0.3 is 14.2 Å². The van der Waals surface area contributed by atoms with Gasteiger partial charge in [-0.2, -0.15) is 0 Å². The molecule has 0 spiro atoms. The number of aromatic nitrogens is 1. The Kier molecular flexibility index (Phi) is 7.16. The number of rotatable bonds is 6. The normalized spacial score (nSPS) is 17.3. The molecule has 0 bridgehead atoms. The highest BCUT2D eigenvalue weighted by Gasteiger charge is 2.27. The van der Waals surface area contributed by atoms with Crippen molar-refractivity contribution in [1.29, 1.82) is 0 Å². The van der Waals surface area contributed by atoms with Gasteiger partial charge >= 0.3 is 0 Å². The molecule has 2 fully saturated rings. The summed E-state index contributed by atoms with van der Waals surface area (Å²) in [5, 5.41) is 1.50. The van der Waals surface area contributed by atoms with Crippen molar-refractivity contribution in [2.45, 2.75) is 32.6 Å². The van der Waals surface area contributed by atoms with E-state index in [1.54, 1.807) is 7.11 Å². The lowest BCUT2D eigenvalue weighted by molar-refractivity contribution is 0.0322. The van der Waals surface area contributed by atoms with Gasteiger partial charge in [-0.05, 0) is 25.0 Å². The molecule has 148 valence electrons. The van der Waals surface area contributed by atoms with E-state index in [1.807, 2.05) is 32.0 Å². The summed E-state index contributed by atoms with van der Waals surface area (Å²) < 4.78 is 16.9. The second-order valence-corrected chi connectivity index (χ2v) is 6.98. The summed E-state index contributed by atoms with van der Waals surface area (Å²) in [6.07, 6.45) is 2.38. The smallest absolute Gasteiger partial charge is 0.140 e. The molecule has 2 aliphatic rings. The van der Waals surface area contributed by atoms with Crippen molar-refractivity contribution >= 4 is 22.5 Å². The third-order valence-electron chi connectivity index (χ3n) is 4.85. The Hall–Kier alpha value is -1.56. The molecule has 1 aromatic carbocycles. The van der Waals surface area contributed by atoms with Crippen molar-refractivity contribution in [3.8, 4) is 11.5 Å². The number of morpholine rings is 1. The van der Waals surface area contributed by atoms with Gasteiger partial charge in [0.15, 0.2) is 0 Å². The van der Waals surface area contributed by atoms with Gasteiger partial charge in [0.05, 0.1) is 25.8 Å². The lowest BCUT2D eigenvalue weighted by Crippen LogP contribution is -2.38. The van der Waals surface area contributed by atoms with Crippen LogP contribution in [0.25, 0.3) is 10.9 Å². The van der Waals surface area contributed by atoms with E-state index >= 15 is 0 Å². The Morgan fingerprint density at radius 1 is 1.19 bits per heavy atom. The average molecular weight is 393 g/mol. The van der Waals surface area contributed by atoms with E-state index in [9.17, 15) is 0 Å². The van der Waals surface area contributed by atoms with E-state index in [0.29, 0.717) is 23.3 Å².